The smallest absolute Gasteiger partial charge is 0.324 e. The first-order valence-electron chi connectivity index (χ1n) is 6.01. The second-order valence-corrected chi connectivity index (χ2v) is 4.61. The van der Waals surface area contributed by atoms with Crippen molar-refractivity contribution >= 4 is 11.9 Å². The van der Waals surface area contributed by atoms with Gasteiger partial charge < -0.3 is 5.32 Å². The molecule has 2 rings (SSSR count). The van der Waals surface area contributed by atoms with Crippen molar-refractivity contribution in [1.29, 1.82) is 0 Å². The summed E-state index contributed by atoms with van der Waals surface area (Å²) < 4.78 is 0. The third-order valence-corrected chi connectivity index (χ3v) is 3.40. The zero-order valence-electron chi connectivity index (χ0n) is 9.74. The maximum absolute atomic E-state index is 11.4. The molecule has 16 heavy (non-hydrogen) atoms. The number of amides is 3. The van der Waals surface area contributed by atoms with Gasteiger partial charge in [0.1, 0.15) is 0 Å². The Morgan fingerprint density at radius 2 is 1.94 bits per heavy atom. The quantitative estimate of drug-likeness (QED) is 0.708. The van der Waals surface area contributed by atoms with Crippen LogP contribution in [0.5, 0.6) is 0 Å². The van der Waals surface area contributed by atoms with Gasteiger partial charge in [-0.15, -0.1) is 0 Å². The first-order valence-corrected chi connectivity index (χ1v) is 6.01. The van der Waals surface area contributed by atoms with Crippen LogP contribution in [0.4, 0.5) is 4.79 Å². The van der Waals surface area contributed by atoms with Gasteiger partial charge in [0.2, 0.25) is 5.91 Å². The monoisotopic (exact) mass is 225 g/mol. The molecule has 0 aromatic heterocycles. The molecule has 0 spiro atoms. The molecule has 0 bridgehead atoms. The number of carbonyl (C=O) groups excluding carboxylic acids is 2. The fraction of sp³-hybridized carbons (Fsp3) is 0.818. The normalized spacial score (nSPS) is 24.7. The molecule has 1 atom stereocenters. The van der Waals surface area contributed by atoms with Crippen LogP contribution in [-0.2, 0) is 4.79 Å². The number of imide groups is 1. The van der Waals surface area contributed by atoms with Crippen LogP contribution in [0.3, 0.4) is 0 Å². The molecule has 90 valence electrons. The molecule has 0 aliphatic carbocycles. The van der Waals surface area contributed by atoms with Crippen LogP contribution in [0.25, 0.3) is 0 Å². The van der Waals surface area contributed by atoms with Crippen LogP contribution in [0.1, 0.15) is 26.2 Å². The van der Waals surface area contributed by atoms with Gasteiger partial charge in [-0.05, 0) is 32.9 Å². The van der Waals surface area contributed by atoms with Gasteiger partial charge in [-0.2, -0.15) is 0 Å². The van der Waals surface area contributed by atoms with E-state index >= 15 is 0 Å². The molecule has 3 amide bonds. The van der Waals surface area contributed by atoms with Crippen LogP contribution >= 0.6 is 0 Å². The molecule has 2 fully saturated rings. The summed E-state index contributed by atoms with van der Waals surface area (Å²) >= 11 is 0. The predicted octanol–water partition coefficient (Wildman–Crippen LogP) is 0.413. The maximum Gasteiger partial charge on any atom is 0.324 e. The summed E-state index contributed by atoms with van der Waals surface area (Å²) in [4.78, 5) is 26.5. The van der Waals surface area contributed by atoms with Crippen molar-refractivity contribution in [3.63, 3.8) is 0 Å². The van der Waals surface area contributed by atoms with Crippen LogP contribution in [0.2, 0.25) is 0 Å². The third-order valence-electron chi connectivity index (χ3n) is 3.40. The summed E-state index contributed by atoms with van der Waals surface area (Å²) in [5.74, 6) is -0.103. The van der Waals surface area contributed by atoms with Crippen molar-refractivity contribution in [3.05, 3.63) is 0 Å². The van der Waals surface area contributed by atoms with Crippen LogP contribution in [-0.4, -0.2) is 54.0 Å². The molecule has 0 aromatic carbocycles. The van der Waals surface area contributed by atoms with E-state index < -0.39 is 0 Å². The van der Waals surface area contributed by atoms with E-state index in [0.717, 1.165) is 13.1 Å². The molecule has 2 aliphatic heterocycles. The van der Waals surface area contributed by atoms with E-state index in [1.54, 1.807) is 0 Å². The highest BCUT2D eigenvalue weighted by atomic mass is 16.2. The highest BCUT2D eigenvalue weighted by Gasteiger charge is 2.31. The van der Waals surface area contributed by atoms with E-state index in [2.05, 4.69) is 17.1 Å². The van der Waals surface area contributed by atoms with Gasteiger partial charge >= 0.3 is 6.03 Å². The SMILES string of the molecule is CC(CN1C(=O)CNC1=O)N1CCCCC1. The van der Waals surface area contributed by atoms with E-state index in [4.69, 9.17) is 0 Å². The zero-order valence-corrected chi connectivity index (χ0v) is 9.74. The molecule has 5 nitrogen and oxygen atoms in total. The summed E-state index contributed by atoms with van der Waals surface area (Å²) in [6, 6.07) is 0.0296. The average Bonchev–Trinajstić information content (AvgIpc) is 2.62. The standard InChI is InChI=1S/C11H19N3O2/c1-9(13-5-3-2-4-6-13)8-14-10(15)7-12-11(14)16/h9H,2-8H2,1H3,(H,12,16). The molecule has 0 radical (unpaired) electrons. The Morgan fingerprint density at radius 1 is 1.25 bits per heavy atom. The highest BCUT2D eigenvalue weighted by Crippen LogP contribution is 2.13. The summed E-state index contributed by atoms with van der Waals surface area (Å²) in [6.45, 7) is 4.94. The minimum absolute atomic E-state index is 0.103. The lowest BCUT2D eigenvalue weighted by Gasteiger charge is -2.33. The number of hydrogen-bond donors (Lipinski definition) is 1. The number of carbonyl (C=O) groups is 2. The highest BCUT2D eigenvalue weighted by molar-refractivity contribution is 6.01. The van der Waals surface area contributed by atoms with Crippen molar-refractivity contribution in [2.45, 2.75) is 32.2 Å². The minimum atomic E-state index is -0.242. The predicted molar refractivity (Wildman–Crippen MR) is 60.0 cm³/mol. The van der Waals surface area contributed by atoms with Crippen LogP contribution < -0.4 is 5.32 Å². The largest absolute Gasteiger partial charge is 0.329 e. The van der Waals surface area contributed by atoms with Gasteiger partial charge in [-0.25, -0.2) is 4.79 Å². The van der Waals surface area contributed by atoms with E-state index in [9.17, 15) is 9.59 Å². The Labute approximate surface area is 95.8 Å². The van der Waals surface area contributed by atoms with Gasteiger partial charge in [0.05, 0.1) is 6.54 Å². The van der Waals surface area contributed by atoms with E-state index in [1.165, 1.54) is 24.2 Å². The van der Waals surface area contributed by atoms with Crippen molar-refractivity contribution in [3.8, 4) is 0 Å². The molecule has 2 aliphatic rings. The molecule has 5 heteroatoms. The number of nitrogens with zero attached hydrogens (tertiary/aromatic N) is 2. The number of hydrogen-bond acceptors (Lipinski definition) is 3. The average molecular weight is 225 g/mol. The van der Waals surface area contributed by atoms with E-state index in [-0.39, 0.29) is 24.5 Å². The van der Waals surface area contributed by atoms with Crippen molar-refractivity contribution in [1.82, 2.24) is 15.1 Å². The number of likely N-dealkylation sites (tertiary alicyclic amines) is 1. The van der Waals surface area contributed by atoms with Crippen molar-refractivity contribution < 1.29 is 9.59 Å². The maximum atomic E-state index is 11.4. The van der Waals surface area contributed by atoms with Crippen molar-refractivity contribution in [2.24, 2.45) is 0 Å². The van der Waals surface area contributed by atoms with Gasteiger partial charge in [0.25, 0.3) is 0 Å². The number of urea groups is 1. The Balaban J connectivity index is 1.88. The molecule has 0 saturated carbocycles. The summed E-state index contributed by atoms with van der Waals surface area (Å²) in [6.07, 6.45) is 3.75. The summed E-state index contributed by atoms with van der Waals surface area (Å²) in [5, 5.41) is 2.55. The lowest BCUT2D eigenvalue weighted by atomic mass is 10.1. The zero-order chi connectivity index (χ0) is 11.5. The Bertz CT molecular complexity index is 271. The second kappa shape index (κ2) is 4.82. The topological polar surface area (TPSA) is 52.7 Å². The third kappa shape index (κ3) is 2.35. The lowest BCUT2D eigenvalue weighted by Crippen LogP contribution is -2.46. The first kappa shape index (κ1) is 11.4. The van der Waals surface area contributed by atoms with Gasteiger partial charge in [-0.3, -0.25) is 14.6 Å². The summed E-state index contributed by atoms with van der Waals surface area (Å²) in [5.41, 5.74) is 0. The Kier molecular flexibility index (Phi) is 3.43. The molecule has 2 heterocycles. The number of nitrogens with one attached hydrogen (secondary N) is 1. The minimum Gasteiger partial charge on any atom is -0.329 e. The Hall–Kier alpha value is -1.10. The second-order valence-electron chi connectivity index (χ2n) is 4.61. The first-order chi connectivity index (χ1) is 7.68. The molecular weight excluding hydrogens is 206 g/mol. The molecule has 0 aromatic rings. The molecule has 1 N–H and O–H groups in total. The molecule has 1 unspecified atom stereocenters. The van der Waals surface area contributed by atoms with Crippen molar-refractivity contribution in [2.75, 3.05) is 26.2 Å². The van der Waals surface area contributed by atoms with Gasteiger partial charge in [0, 0.05) is 12.6 Å². The van der Waals surface area contributed by atoms with Gasteiger partial charge in [-0.1, -0.05) is 6.42 Å². The van der Waals surface area contributed by atoms with E-state index in [0.29, 0.717) is 6.54 Å². The van der Waals surface area contributed by atoms with Gasteiger partial charge in [0.15, 0.2) is 0 Å². The van der Waals surface area contributed by atoms with Crippen LogP contribution in [0, 0.1) is 0 Å². The Morgan fingerprint density at radius 3 is 2.50 bits per heavy atom. The molecule has 2 saturated heterocycles. The fourth-order valence-corrected chi connectivity index (χ4v) is 2.38. The van der Waals surface area contributed by atoms with Crippen LogP contribution in [0.15, 0.2) is 0 Å². The summed E-state index contributed by atoms with van der Waals surface area (Å²) in [7, 11) is 0. The molecular formula is C11H19N3O2. The number of rotatable bonds is 3. The fourth-order valence-electron chi connectivity index (χ4n) is 2.38. The van der Waals surface area contributed by atoms with E-state index in [1.807, 2.05) is 0 Å². The lowest BCUT2D eigenvalue weighted by molar-refractivity contribution is -0.125. The number of piperidine rings is 1.